The second kappa shape index (κ2) is 10.2. The van der Waals surface area contributed by atoms with Gasteiger partial charge in [-0.15, -0.1) is 0 Å². The van der Waals surface area contributed by atoms with E-state index in [9.17, 15) is 4.79 Å². The molecule has 6 atom stereocenters. The number of carbonyl (C=O) groups excluding carboxylic acids is 1. The summed E-state index contributed by atoms with van der Waals surface area (Å²) in [6.07, 6.45) is -0.569. The van der Waals surface area contributed by atoms with E-state index in [-0.39, 0.29) is 30.5 Å². The van der Waals surface area contributed by atoms with Gasteiger partial charge < -0.3 is 34.2 Å². The van der Waals surface area contributed by atoms with Gasteiger partial charge in [0.15, 0.2) is 0 Å². The molecule has 136 valence electrons. The lowest BCUT2D eigenvalue weighted by Crippen LogP contribution is -2.60. The average molecular weight is 335 g/mol. The molecule has 8 nitrogen and oxygen atoms in total. The molecule has 2 N–H and O–H groups in total. The number of hydrogen-bond donors (Lipinski definition) is 1. The summed E-state index contributed by atoms with van der Waals surface area (Å²) >= 11 is 0. The number of methoxy groups -OCH3 is 5. The lowest BCUT2D eigenvalue weighted by atomic mass is 9.91. The van der Waals surface area contributed by atoms with Gasteiger partial charge in [0.25, 0.3) is 0 Å². The summed E-state index contributed by atoms with van der Waals surface area (Å²) in [6, 6.07) is -0.692. The molecule has 1 fully saturated rings. The molecular formula is C15H29NO7. The van der Waals surface area contributed by atoms with E-state index in [0.29, 0.717) is 19.4 Å². The van der Waals surface area contributed by atoms with Crippen LogP contribution in [0, 0.1) is 0 Å². The highest BCUT2D eigenvalue weighted by Crippen LogP contribution is 2.29. The molecule has 0 amide bonds. The van der Waals surface area contributed by atoms with Gasteiger partial charge in [-0.1, -0.05) is 0 Å². The van der Waals surface area contributed by atoms with Gasteiger partial charge in [0.1, 0.15) is 30.5 Å². The van der Waals surface area contributed by atoms with Crippen molar-refractivity contribution in [3.63, 3.8) is 0 Å². The molecule has 8 heteroatoms. The molecule has 1 rings (SSSR count). The first-order valence-corrected chi connectivity index (χ1v) is 7.60. The summed E-state index contributed by atoms with van der Waals surface area (Å²) in [5.41, 5.74) is 5.79. The smallest absolute Gasteiger partial charge is 0.322 e. The van der Waals surface area contributed by atoms with Crippen molar-refractivity contribution in [2.24, 2.45) is 5.73 Å². The van der Waals surface area contributed by atoms with Crippen LogP contribution in [0.4, 0.5) is 0 Å². The van der Waals surface area contributed by atoms with Crippen LogP contribution in [0.1, 0.15) is 12.8 Å². The first-order chi connectivity index (χ1) is 11.0. The van der Waals surface area contributed by atoms with E-state index in [1.54, 1.807) is 28.4 Å². The topological polar surface area (TPSA) is 98.5 Å². The van der Waals surface area contributed by atoms with E-state index in [4.69, 9.17) is 29.4 Å². The number of nitrogens with two attached hydrogens (primary N) is 1. The zero-order chi connectivity index (χ0) is 17.4. The molecule has 0 aliphatic carbocycles. The third kappa shape index (κ3) is 5.10. The van der Waals surface area contributed by atoms with Gasteiger partial charge in [-0.05, 0) is 12.8 Å². The highest BCUT2D eigenvalue weighted by Gasteiger charge is 2.46. The minimum absolute atomic E-state index is 0.285. The number of ether oxygens (including phenoxy) is 6. The fraction of sp³-hybridized carbons (Fsp3) is 0.933. The van der Waals surface area contributed by atoms with Crippen LogP contribution >= 0.6 is 0 Å². The SMILES string of the molecule is COC[C@H]1O[C@H](CC[C@H](N)C(=O)OC)[C@H](OC)[C@@H](OC)[C@H]1OC. The molecule has 0 aromatic carbocycles. The normalized spacial score (nSPS) is 32.5. The fourth-order valence-corrected chi connectivity index (χ4v) is 2.97. The van der Waals surface area contributed by atoms with Gasteiger partial charge in [-0.25, -0.2) is 0 Å². The van der Waals surface area contributed by atoms with Gasteiger partial charge in [-0.2, -0.15) is 0 Å². The monoisotopic (exact) mass is 335 g/mol. The van der Waals surface area contributed by atoms with Gasteiger partial charge >= 0.3 is 5.97 Å². The van der Waals surface area contributed by atoms with Crippen LogP contribution in [0.3, 0.4) is 0 Å². The van der Waals surface area contributed by atoms with Gasteiger partial charge in [0, 0.05) is 28.4 Å². The molecular weight excluding hydrogens is 306 g/mol. The second-order valence-electron chi connectivity index (χ2n) is 5.48. The molecule has 1 aliphatic heterocycles. The summed E-state index contributed by atoms with van der Waals surface area (Å²) < 4.78 is 32.6. The van der Waals surface area contributed by atoms with E-state index in [1.807, 2.05) is 0 Å². The first kappa shape index (κ1) is 20.3. The first-order valence-electron chi connectivity index (χ1n) is 7.60. The van der Waals surface area contributed by atoms with Crippen LogP contribution in [0.15, 0.2) is 0 Å². The third-order valence-corrected chi connectivity index (χ3v) is 4.14. The molecule has 0 bridgehead atoms. The number of carbonyl (C=O) groups is 1. The summed E-state index contributed by atoms with van der Waals surface area (Å²) in [4.78, 5) is 11.4. The molecule has 23 heavy (non-hydrogen) atoms. The predicted octanol–water partition coefficient (Wildman–Crippen LogP) is -0.274. The van der Waals surface area contributed by atoms with Gasteiger partial charge in [0.05, 0.1) is 19.8 Å². The summed E-state index contributed by atoms with van der Waals surface area (Å²) in [5.74, 6) is -0.443. The van der Waals surface area contributed by atoms with Crippen LogP contribution in [0.2, 0.25) is 0 Å². The largest absolute Gasteiger partial charge is 0.468 e. The highest BCUT2D eigenvalue weighted by molar-refractivity contribution is 5.75. The van der Waals surface area contributed by atoms with E-state index in [2.05, 4.69) is 4.74 Å². The Hall–Kier alpha value is -0.770. The Morgan fingerprint density at radius 1 is 1.00 bits per heavy atom. The van der Waals surface area contributed by atoms with Crippen molar-refractivity contribution < 1.29 is 33.2 Å². The zero-order valence-electron chi connectivity index (χ0n) is 14.5. The Bertz CT molecular complexity index is 355. The van der Waals surface area contributed by atoms with E-state index >= 15 is 0 Å². The molecule has 0 radical (unpaired) electrons. The molecule has 0 aromatic rings. The maximum atomic E-state index is 11.4. The molecule has 1 heterocycles. The molecule has 1 aliphatic rings. The quantitative estimate of drug-likeness (QED) is 0.575. The van der Waals surface area contributed by atoms with Crippen molar-refractivity contribution in [1.82, 2.24) is 0 Å². The van der Waals surface area contributed by atoms with Crippen LogP contribution in [0.25, 0.3) is 0 Å². The standard InChI is InChI=1S/C15H29NO7/c1-18-8-11-13(20-3)14(21-4)12(19-2)10(23-11)7-6-9(16)15(17)22-5/h9-14H,6-8,16H2,1-5H3/t9-,10+,11+,12-,13-,14+/m0/s1. The van der Waals surface area contributed by atoms with E-state index in [1.165, 1.54) is 7.11 Å². The van der Waals surface area contributed by atoms with Crippen LogP contribution in [-0.2, 0) is 33.2 Å². The van der Waals surface area contributed by atoms with Crippen molar-refractivity contribution in [3.05, 3.63) is 0 Å². The fourth-order valence-electron chi connectivity index (χ4n) is 2.97. The highest BCUT2D eigenvalue weighted by atomic mass is 16.6. The minimum atomic E-state index is -0.692. The number of hydrogen-bond acceptors (Lipinski definition) is 8. The Morgan fingerprint density at radius 3 is 2.04 bits per heavy atom. The van der Waals surface area contributed by atoms with Crippen molar-refractivity contribution in [2.45, 2.75) is 49.4 Å². The predicted molar refractivity (Wildman–Crippen MR) is 82.2 cm³/mol. The Balaban J connectivity index is 2.80. The summed E-state index contributed by atoms with van der Waals surface area (Å²) in [6.45, 7) is 0.369. The maximum absolute atomic E-state index is 11.4. The van der Waals surface area contributed by atoms with Gasteiger partial charge in [0.2, 0.25) is 0 Å². The Morgan fingerprint density at radius 2 is 1.57 bits per heavy atom. The third-order valence-electron chi connectivity index (χ3n) is 4.14. The van der Waals surface area contributed by atoms with E-state index < -0.39 is 12.0 Å². The van der Waals surface area contributed by atoms with Crippen LogP contribution in [0.5, 0.6) is 0 Å². The molecule has 0 unspecified atom stereocenters. The van der Waals surface area contributed by atoms with Gasteiger partial charge in [-0.3, -0.25) is 4.79 Å². The van der Waals surface area contributed by atoms with Crippen molar-refractivity contribution >= 4 is 5.97 Å². The minimum Gasteiger partial charge on any atom is -0.468 e. The summed E-state index contributed by atoms with van der Waals surface area (Å²) in [7, 11) is 7.72. The molecule has 0 spiro atoms. The lowest BCUT2D eigenvalue weighted by Gasteiger charge is -2.45. The number of rotatable bonds is 9. The van der Waals surface area contributed by atoms with Crippen molar-refractivity contribution in [2.75, 3.05) is 42.2 Å². The van der Waals surface area contributed by atoms with Crippen molar-refractivity contribution in [1.29, 1.82) is 0 Å². The second-order valence-corrected chi connectivity index (χ2v) is 5.48. The molecule has 0 saturated carbocycles. The average Bonchev–Trinajstić information content (AvgIpc) is 2.57. The molecule has 1 saturated heterocycles. The van der Waals surface area contributed by atoms with Crippen molar-refractivity contribution in [3.8, 4) is 0 Å². The number of esters is 1. The molecule has 0 aromatic heterocycles. The Kier molecular flexibility index (Phi) is 8.96. The van der Waals surface area contributed by atoms with Crippen LogP contribution in [-0.4, -0.2) is 84.7 Å². The Labute approximate surface area is 137 Å². The lowest BCUT2D eigenvalue weighted by molar-refractivity contribution is -0.250. The van der Waals surface area contributed by atoms with Crippen LogP contribution < -0.4 is 5.73 Å². The summed E-state index contributed by atoms with van der Waals surface area (Å²) in [5, 5.41) is 0. The van der Waals surface area contributed by atoms with E-state index in [0.717, 1.165) is 0 Å². The zero-order valence-corrected chi connectivity index (χ0v) is 14.5. The maximum Gasteiger partial charge on any atom is 0.322 e.